The van der Waals surface area contributed by atoms with Gasteiger partial charge in [0.05, 0.1) is 31.5 Å². The third kappa shape index (κ3) is 23.2. The number of unbranched alkanes of at least 4 members (excludes halogenated alkanes) is 10. The van der Waals surface area contributed by atoms with Gasteiger partial charge in [0.15, 0.2) is 12.4 Å². The molecule has 346 valence electrons. The molecule has 1 aromatic heterocycles. The number of carbonyl (C=O) groups excluding carboxylic acids is 2. The van der Waals surface area contributed by atoms with Gasteiger partial charge in [0.1, 0.15) is 18.1 Å². The van der Waals surface area contributed by atoms with Crippen LogP contribution in [0.1, 0.15) is 158 Å². The number of carbonyl (C=O) groups is 2. The van der Waals surface area contributed by atoms with Crippen molar-refractivity contribution in [3.8, 4) is 0 Å². The normalized spacial score (nSPS) is 20.4. The first-order valence-corrected chi connectivity index (χ1v) is 24.1. The number of ether oxygens (including phenoxy) is 3. The van der Waals surface area contributed by atoms with Gasteiger partial charge in [0.2, 0.25) is 0 Å². The van der Waals surface area contributed by atoms with Crippen molar-refractivity contribution in [1.29, 1.82) is 0 Å². The fourth-order valence-electron chi connectivity index (χ4n) is 7.09. The average Bonchev–Trinajstić information content (AvgIpc) is 3.48. The molecule has 14 nitrogen and oxygen atoms in total. The first kappa shape index (κ1) is 53.7. The Kier molecular flexibility index (Phi) is 28.2. The van der Waals surface area contributed by atoms with E-state index in [9.17, 15) is 34.4 Å². The van der Waals surface area contributed by atoms with Crippen LogP contribution in [0.3, 0.4) is 0 Å². The van der Waals surface area contributed by atoms with E-state index in [0.29, 0.717) is 32.1 Å². The van der Waals surface area contributed by atoms with Crippen LogP contribution < -0.4 is 5.73 Å². The number of hydrogen-bond donors (Lipinski definition) is 5. The van der Waals surface area contributed by atoms with Crippen molar-refractivity contribution in [2.45, 2.75) is 193 Å². The number of rotatable bonds is 34. The third-order valence-electron chi connectivity index (χ3n) is 10.8. The van der Waals surface area contributed by atoms with E-state index in [-0.39, 0.29) is 44.9 Å². The zero-order valence-corrected chi connectivity index (χ0v) is 37.8. The number of nitrogens with two attached hydrogens (primary N) is 1. The number of phosphoric acid groups is 1. The summed E-state index contributed by atoms with van der Waals surface area (Å²) < 4.78 is 44.7. The molecule has 1 aromatic rings. The number of aryl methyl sites for hydroxylation is 2. The first-order chi connectivity index (χ1) is 28.8. The number of furan rings is 1. The Bertz CT molecular complexity index is 1430. The highest BCUT2D eigenvalue weighted by atomic mass is 31.2. The first-order valence-electron chi connectivity index (χ1n) is 22.6. The summed E-state index contributed by atoms with van der Waals surface area (Å²) in [5.74, 6) is 0.858. The van der Waals surface area contributed by atoms with Crippen molar-refractivity contribution in [2.75, 3.05) is 26.4 Å². The van der Waals surface area contributed by atoms with Crippen LogP contribution >= 0.6 is 7.82 Å². The molecule has 1 aliphatic heterocycles. The van der Waals surface area contributed by atoms with Crippen molar-refractivity contribution >= 4 is 19.8 Å². The van der Waals surface area contributed by atoms with E-state index < -0.39 is 57.1 Å². The third-order valence-corrected chi connectivity index (χ3v) is 11.8. The molecule has 15 heteroatoms. The maximum absolute atomic E-state index is 12.7. The second-order valence-electron chi connectivity index (χ2n) is 16.0. The lowest BCUT2D eigenvalue weighted by Gasteiger charge is -2.36. The molecule has 2 unspecified atom stereocenters. The summed E-state index contributed by atoms with van der Waals surface area (Å²) in [6.07, 6.45) is 19.5. The Morgan fingerprint density at radius 2 is 1.48 bits per heavy atom. The quantitative estimate of drug-likeness (QED) is 0.0191. The van der Waals surface area contributed by atoms with Crippen LogP contribution in [-0.2, 0) is 50.3 Å². The molecule has 1 aliphatic rings. The molecule has 6 N–H and O–H groups in total. The van der Waals surface area contributed by atoms with E-state index >= 15 is 0 Å². The lowest BCUT2D eigenvalue weighted by molar-refractivity contribution is -0.199. The maximum atomic E-state index is 12.7. The average molecular weight is 872 g/mol. The molecule has 0 amide bonds. The van der Waals surface area contributed by atoms with Gasteiger partial charge >= 0.3 is 19.8 Å². The van der Waals surface area contributed by atoms with E-state index in [0.717, 1.165) is 82.1 Å². The fourth-order valence-corrected chi connectivity index (χ4v) is 7.85. The fraction of sp³-hybridized carbons (Fsp3) is 0.778. The van der Waals surface area contributed by atoms with E-state index in [1.807, 2.05) is 12.2 Å². The van der Waals surface area contributed by atoms with Crippen LogP contribution in [0.4, 0.5) is 0 Å². The Labute approximate surface area is 359 Å². The molecule has 60 heavy (non-hydrogen) atoms. The summed E-state index contributed by atoms with van der Waals surface area (Å²) in [5.41, 5.74) is 7.91. The number of esters is 2. The highest BCUT2D eigenvalue weighted by Crippen LogP contribution is 2.43. The van der Waals surface area contributed by atoms with Crippen molar-refractivity contribution in [3.63, 3.8) is 0 Å². The van der Waals surface area contributed by atoms with Crippen LogP contribution in [0.15, 0.2) is 28.7 Å². The molecule has 1 fully saturated rings. The highest BCUT2D eigenvalue weighted by Gasteiger charge is 2.35. The molecule has 0 aliphatic carbocycles. The summed E-state index contributed by atoms with van der Waals surface area (Å²) >= 11 is 0. The molecular weight excluding hydrogens is 793 g/mol. The van der Waals surface area contributed by atoms with Crippen molar-refractivity contribution < 1.29 is 62.0 Å². The minimum Gasteiger partial charge on any atom is -0.466 e. The van der Waals surface area contributed by atoms with Crippen LogP contribution in [0, 0.1) is 19.8 Å². The SMILES string of the molecule is CCCCCc1oc(CCCCCCCCC(=O)O[C@H](COC(=O)CCC/C=C\C[C@H]2[C@@H](O)CC(O)O[C@@H]2/C=C/[C@@H](O)CCCCC)COP(=O)(O)OCCN)c(C)c1C. The smallest absolute Gasteiger partial charge is 0.466 e. The monoisotopic (exact) mass is 872 g/mol. The molecule has 0 aromatic carbocycles. The number of aliphatic hydroxyl groups is 3. The van der Waals surface area contributed by atoms with Gasteiger partial charge in [-0.25, -0.2) is 4.57 Å². The summed E-state index contributed by atoms with van der Waals surface area (Å²) in [7, 11) is -4.46. The Hall–Kier alpha value is -2.39. The zero-order valence-electron chi connectivity index (χ0n) is 36.9. The Balaban J connectivity index is 1.74. The standard InChI is InChI=1S/C45H78NO13P/c1-5-7-15-21-36(47)27-28-42-38(39(48)31-45(51)59-42)22-17-13-14-19-25-43(49)54-32-37(33-56-60(52,53)55-30-29-46)57-44(50)26-20-12-10-9-11-18-24-41-35(4)34(3)40(58-41)23-16-8-6-2/h13,17,27-28,36-39,42,45,47-48,51H,5-12,14-16,18-26,29-33,46H2,1-4H3,(H,52,53)/b17-13-,28-27+/t36-,37+,38-,39-,42+,45?/m0/s1. The second kappa shape index (κ2) is 31.4. The van der Waals surface area contributed by atoms with Crippen molar-refractivity contribution in [1.82, 2.24) is 0 Å². The molecule has 0 saturated carbocycles. The Morgan fingerprint density at radius 3 is 2.17 bits per heavy atom. The van der Waals surface area contributed by atoms with Gasteiger partial charge in [-0.3, -0.25) is 18.6 Å². The number of allylic oxidation sites excluding steroid dienone is 2. The van der Waals surface area contributed by atoms with E-state index in [4.69, 9.17) is 33.4 Å². The molecule has 0 bridgehead atoms. The van der Waals surface area contributed by atoms with E-state index in [1.54, 1.807) is 12.2 Å². The number of aliphatic hydroxyl groups excluding tert-OH is 3. The minimum atomic E-state index is -4.46. The topological polar surface area (TPSA) is 217 Å². The van der Waals surface area contributed by atoms with Gasteiger partial charge in [-0.1, -0.05) is 95.9 Å². The van der Waals surface area contributed by atoms with Crippen molar-refractivity contribution in [2.24, 2.45) is 11.7 Å². The number of hydrogen-bond acceptors (Lipinski definition) is 13. The summed E-state index contributed by atoms with van der Waals surface area (Å²) in [4.78, 5) is 35.3. The zero-order chi connectivity index (χ0) is 44.2. The van der Waals surface area contributed by atoms with Crippen LogP contribution in [-0.4, -0.2) is 89.2 Å². The van der Waals surface area contributed by atoms with Crippen molar-refractivity contribution in [3.05, 3.63) is 47.0 Å². The van der Waals surface area contributed by atoms with Crippen LogP contribution in [0.5, 0.6) is 0 Å². The van der Waals surface area contributed by atoms with Crippen LogP contribution in [0.2, 0.25) is 0 Å². The van der Waals surface area contributed by atoms with Gasteiger partial charge in [-0.2, -0.15) is 0 Å². The van der Waals surface area contributed by atoms with Gasteiger partial charge in [0.25, 0.3) is 0 Å². The highest BCUT2D eigenvalue weighted by molar-refractivity contribution is 7.47. The van der Waals surface area contributed by atoms with E-state index in [2.05, 4.69) is 27.7 Å². The molecule has 2 rings (SSSR count). The lowest BCUT2D eigenvalue weighted by atomic mass is 9.87. The molecular formula is C45H78NO13P. The predicted octanol–water partition coefficient (Wildman–Crippen LogP) is 8.15. The Morgan fingerprint density at radius 1 is 0.850 bits per heavy atom. The molecule has 1 saturated heterocycles. The lowest BCUT2D eigenvalue weighted by Crippen LogP contribution is -2.43. The number of phosphoric ester groups is 1. The largest absolute Gasteiger partial charge is 0.472 e. The molecule has 7 atom stereocenters. The summed E-state index contributed by atoms with van der Waals surface area (Å²) in [6.45, 7) is 7.52. The molecule has 0 spiro atoms. The van der Waals surface area contributed by atoms with Gasteiger partial charge in [0, 0.05) is 44.6 Å². The van der Waals surface area contributed by atoms with Crippen LogP contribution in [0.25, 0.3) is 0 Å². The predicted molar refractivity (Wildman–Crippen MR) is 231 cm³/mol. The minimum absolute atomic E-state index is 0.00567. The molecule has 2 heterocycles. The maximum Gasteiger partial charge on any atom is 0.472 e. The van der Waals surface area contributed by atoms with Gasteiger partial charge in [-0.05, 0) is 69.9 Å². The van der Waals surface area contributed by atoms with Gasteiger partial charge in [-0.15, -0.1) is 0 Å². The second-order valence-corrected chi connectivity index (χ2v) is 17.5. The van der Waals surface area contributed by atoms with Gasteiger partial charge < -0.3 is 44.6 Å². The summed E-state index contributed by atoms with van der Waals surface area (Å²) in [6, 6.07) is 0. The molecule has 0 radical (unpaired) electrons. The summed E-state index contributed by atoms with van der Waals surface area (Å²) in [5, 5.41) is 31.0. The van der Waals surface area contributed by atoms with E-state index in [1.165, 1.54) is 24.0 Å².